The predicted molar refractivity (Wildman–Crippen MR) is 204 cm³/mol. The summed E-state index contributed by atoms with van der Waals surface area (Å²) in [7, 11) is 0. The molecular weight excluding hydrogens is 715 g/mol. The number of carbonyl (C=O) groups is 2. The third-order valence-corrected chi connectivity index (χ3v) is 9.51. The van der Waals surface area contributed by atoms with Crippen LogP contribution < -0.4 is 21.7 Å². The minimum Gasteiger partial charge on any atom is -0.378 e. The number of benzene rings is 2. The minimum absolute atomic E-state index is 0. The molecule has 0 aliphatic carbocycles. The normalized spacial score (nSPS) is 16.2. The van der Waals surface area contributed by atoms with Crippen LogP contribution in [0.1, 0.15) is 43.5 Å². The lowest BCUT2D eigenvalue weighted by Gasteiger charge is -2.27. The van der Waals surface area contributed by atoms with Crippen LogP contribution in [0.5, 0.6) is 0 Å². The summed E-state index contributed by atoms with van der Waals surface area (Å²) in [5.41, 5.74) is 15.7. The minimum atomic E-state index is -0.575. The number of nitrogens with two attached hydrogens (primary N) is 1. The first kappa shape index (κ1) is 36.9. The third-order valence-electron chi connectivity index (χ3n) is 9.51. The fourth-order valence-electron chi connectivity index (χ4n) is 6.53. The first-order valence-corrected chi connectivity index (χ1v) is 17.6. The number of aromatic amines is 2. The van der Waals surface area contributed by atoms with Gasteiger partial charge in [0.25, 0.3) is 11.8 Å². The molecule has 8 heterocycles. The molecule has 0 radical (unpaired) electrons. The van der Waals surface area contributed by atoms with E-state index in [1.165, 1.54) is 0 Å². The van der Waals surface area contributed by atoms with Crippen LogP contribution in [0.4, 0.5) is 10.2 Å². The zero-order valence-corrected chi connectivity index (χ0v) is 30.5. The fraction of sp³-hybridized carbons (Fsp3) is 0.316. The molecular formula is C38H40ClFN10O4. The molecule has 280 valence electrons. The first-order chi connectivity index (χ1) is 25.7. The van der Waals surface area contributed by atoms with Crippen LogP contribution in [0.3, 0.4) is 0 Å². The van der Waals surface area contributed by atoms with Gasteiger partial charge in [0.15, 0.2) is 0 Å². The van der Waals surface area contributed by atoms with Gasteiger partial charge in [0, 0.05) is 59.8 Å². The Morgan fingerprint density at radius 3 is 1.69 bits per heavy atom. The van der Waals surface area contributed by atoms with Crippen molar-refractivity contribution < 1.29 is 23.5 Å². The van der Waals surface area contributed by atoms with Gasteiger partial charge in [-0.15, -0.1) is 12.4 Å². The lowest BCUT2D eigenvalue weighted by Crippen LogP contribution is -2.41. The van der Waals surface area contributed by atoms with Gasteiger partial charge in [0.2, 0.25) is 5.95 Å². The number of hydrogen-bond donors (Lipinski definition) is 6. The molecule has 2 fully saturated rings. The molecule has 2 amide bonds. The van der Waals surface area contributed by atoms with E-state index in [0.717, 1.165) is 82.5 Å². The molecule has 4 aliphatic rings. The Morgan fingerprint density at radius 1 is 0.722 bits per heavy atom. The van der Waals surface area contributed by atoms with Crippen molar-refractivity contribution in [2.45, 2.75) is 38.8 Å². The Bertz CT molecular complexity index is 2370. The van der Waals surface area contributed by atoms with Gasteiger partial charge in [-0.25, -0.2) is 19.9 Å². The predicted octanol–water partition coefficient (Wildman–Crippen LogP) is 4.15. The Hall–Kier alpha value is -5.48. The molecule has 2 saturated heterocycles. The summed E-state index contributed by atoms with van der Waals surface area (Å²) >= 11 is 0. The zero-order valence-electron chi connectivity index (χ0n) is 29.7. The second kappa shape index (κ2) is 15.5. The molecule has 0 bridgehead atoms. The van der Waals surface area contributed by atoms with E-state index in [4.69, 9.17) is 25.2 Å². The maximum absolute atomic E-state index is 13.8. The average molecular weight is 755 g/mol. The molecule has 0 unspecified atom stereocenters. The molecule has 4 aliphatic heterocycles. The largest absolute Gasteiger partial charge is 0.378 e. The van der Waals surface area contributed by atoms with Gasteiger partial charge in [-0.2, -0.15) is 4.39 Å². The first-order valence-electron chi connectivity index (χ1n) is 17.6. The van der Waals surface area contributed by atoms with Crippen molar-refractivity contribution in [3.8, 4) is 22.5 Å². The smallest absolute Gasteiger partial charge is 0.253 e. The number of nitrogens with zero attached hydrogens (tertiary/aromatic N) is 4. The fourth-order valence-corrected chi connectivity index (χ4v) is 6.53. The highest BCUT2D eigenvalue weighted by atomic mass is 35.5. The second-order valence-corrected chi connectivity index (χ2v) is 13.4. The molecule has 10 rings (SSSR count). The SMILES string of the molecule is Cc1nc2cccc(-c3cc4c([nH]3)CCNC4=O)c2nc1F.Cc1nc2cccc(-c3cc4c([nH]3)CCNC4=O)c2nc1NC1COC1.Cl.NC1COC1. The van der Waals surface area contributed by atoms with Crippen molar-refractivity contribution in [2.75, 3.05) is 44.8 Å². The van der Waals surface area contributed by atoms with Crippen LogP contribution in [0.15, 0.2) is 48.5 Å². The molecule has 2 aromatic carbocycles. The van der Waals surface area contributed by atoms with Crippen molar-refractivity contribution in [1.29, 1.82) is 0 Å². The van der Waals surface area contributed by atoms with E-state index in [2.05, 4.69) is 35.9 Å². The van der Waals surface area contributed by atoms with E-state index in [0.29, 0.717) is 54.5 Å². The highest BCUT2D eigenvalue weighted by Crippen LogP contribution is 2.31. The second-order valence-electron chi connectivity index (χ2n) is 13.4. The van der Waals surface area contributed by atoms with Gasteiger partial charge in [0.1, 0.15) is 16.9 Å². The Kier molecular flexibility index (Phi) is 10.6. The molecule has 4 aromatic heterocycles. The summed E-state index contributed by atoms with van der Waals surface area (Å²) in [4.78, 5) is 48.4. The number of ether oxygens (including phenoxy) is 2. The summed E-state index contributed by atoms with van der Waals surface area (Å²) in [6.45, 7) is 7.75. The number of amides is 2. The van der Waals surface area contributed by atoms with E-state index in [-0.39, 0.29) is 36.0 Å². The van der Waals surface area contributed by atoms with Crippen molar-refractivity contribution in [3.05, 3.63) is 88.4 Å². The van der Waals surface area contributed by atoms with Crippen molar-refractivity contribution in [3.63, 3.8) is 0 Å². The van der Waals surface area contributed by atoms with Crippen molar-refractivity contribution >= 4 is 52.1 Å². The maximum Gasteiger partial charge on any atom is 0.253 e. The lowest BCUT2D eigenvalue weighted by molar-refractivity contribution is 0.0121. The average Bonchev–Trinajstić information content (AvgIpc) is 3.76. The van der Waals surface area contributed by atoms with Crippen LogP contribution >= 0.6 is 12.4 Å². The number of hydrogen-bond acceptors (Lipinski definition) is 10. The highest BCUT2D eigenvalue weighted by Gasteiger charge is 2.24. The van der Waals surface area contributed by atoms with Crippen LogP contribution in [0, 0.1) is 19.8 Å². The summed E-state index contributed by atoms with van der Waals surface area (Å²) in [6, 6.07) is 15.8. The van der Waals surface area contributed by atoms with E-state index in [1.807, 2.05) is 43.3 Å². The number of nitrogens with one attached hydrogen (secondary N) is 5. The highest BCUT2D eigenvalue weighted by molar-refractivity contribution is 6.00. The summed E-state index contributed by atoms with van der Waals surface area (Å²) in [6.07, 6.45) is 1.57. The van der Waals surface area contributed by atoms with Gasteiger partial charge in [-0.1, -0.05) is 24.3 Å². The monoisotopic (exact) mass is 754 g/mol. The molecule has 14 nitrogen and oxygen atoms in total. The number of anilines is 1. The number of carbonyl (C=O) groups excluding carboxylic acids is 2. The summed E-state index contributed by atoms with van der Waals surface area (Å²) in [5, 5.41) is 9.09. The Balaban J connectivity index is 0.000000147. The summed E-state index contributed by atoms with van der Waals surface area (Å²) in [5.74, 6) is 0.0988. The molecule has 6 aromatic rings. The van der Waals surface area contributed by atoms with Gasteiger partial charge in [-0.3, -0.25) is 9.59 Å². The van der Waals surface area contributed by atoms with Crippen LogP contribution in [-0.2, 0) is 22.3 Å². The van der Waals surface area contributed by atoms with E-state index >= 15 is 0 Å². The Morgan fingerprint density at radius 2 is 1.22 bits per heavy atom. The molecule has 7 N–H and O–H groups in total. The van der Waals surface area contributed by atoms with Crippen molar-refractivity contribution in [1.82, 2.24) is 40.5 Å². The number of para-hydroxylation sites is 2. The molecule has 16 heteroatoms. The molecule has 54 heavy (non-hydrogen) atoms. The molecule has 0 spiro atoms. The van der Waals surface area contributed by atoms with Gasteiger partial charge < -0.3 is 41.1 Å². The topological polar surface area (TPSA) is 198 Å². The van der Waals surface area contributed by atoms with Crippen LogP contribution in [0.25, 0.3) is 44.6 Å². The van der Waals surface area contributed by atoms with E-state index in [1.54, 1.807) is 19.1 Å². The van der Waals surface area contributed by atoms with E-state index < -0.39 is 5.95 Å². The zero-order chi connectivity index (χ0) is 36.6. The standard InChI is InChI=1S/C19H19N5O2.C16H13FN4O.C3H7NO.ClH/c1-10-18(22-11-8-26-9-11)24-17-12(3-2-4-15(17)21-10)16-7-13-14(23-16)5-6-20-19(13)25;1-8-15(17)21-14-9(3-2-4-12(14)19-8)13-7-10-11(20-13)5-6-18-16(10)22;4-3-1-5-2-3;/h2-4,7,11,23H,5-6,8-9H2,1H3,(H,20,25)(H,22,24);2-4,7,20H,5-6H2,1H3,(H,18,22);3H,1-2,4H2;1H. The number of rotatable bonds is 4. The number of aryl methyl sites for hydroxylation is 2. The van der Waals surface area contributed by atoms with Crippen LogP contribution in [0.2, 0.25) is 0 Å². The number of H-pyrrole nitrogens is 2. The number of halogens is 2. The van der Waals surface area contributed by atoms with E-state index in [9.17, 15) is 14.0 Å². The van der Waals surface area contributed by atoms with Crippen LogP contribution in [-0.4, -0.2) is 93.3 Å². The van der Waals surface area contributed by atoms with Gasteiger partial charge in [0.05, 0.1) is 72.1 Å². The van der Waals surface area contributed by atoms with Gasteiger partial charge in [-0.05, 0) is 38.1 Å². The number of aromatic nitrogens is 6. The lowest BCUT2D eigenvalue weighted by atomic mass is 10.1. The summed E-state index contributed by atoms with van der Waals surface area (Å²) < 4.78 is 23.7. The molecule has 0 saturated carbocycles. The quantitative estimate of drug-likeness (QED) is 0.152. The van der Waals surface area contributed by atoms with Crippen molar-refractivity contribution in [2.24, 2.45) is 5.73 Å². The Labute approximate surface area is 315 Å². The number of fused-ring (bicyclic) bond motifs is 4. The van der Waals surface area contributed by atoms with Gasteiger partial charge >= 0.3 is 0 Å². The maximum atomic E-state index is 13.8. The third kappa shape index (κ3) is 7.35. The molecule has 0 atom stereocenters.